The van der Waals surface area contributed by atoms with Crippen molar-refractivity contribution in [2.45, 2.75) is 6.42 Å². The molecule has 1 N–H and O–H groups in total. The zero-order valence-electron chi connectivity index (χ0n) is 13.9. The van der Waals surface area contributed by atoms with Crippen LogP contribution in [0, 0.1) is 0 Å². The molecular formula is C18H21N3OS2. The first-order valence-electron chi connectivity index (χ1n) is 7.84. The summed E-state index contributed by atoms with van der Waals surface area (Å²) in [5.74, 6) is 0.900. The lowest BCUT2D eigenvalue weighted by atomic mass is 10.3. The molecule has 4 nitrogen and oxygen atoms in total. The molecule has 0 saturated carbocycles. The van der Waals surface area contributed by atoms with Crippen LogP contribution in [0.3, 0.4) is 0 Å². The minimum Gasteiger partial charge on any atom is -0.494 e. The van der Waals surface area contributed by atoms with Gasteiger partial charge in [0.05, 0.1) is 11.5 Å². The van der Waals surface area contributed by atoms with Crippen LogP contribution < -0.4 is 10.1 Å². The van der Waals surface area contributed by atoms with Crippen LogP contribution in [-0.4, -0.2) is 37.1 Å². The van der Waals surface area contributed by atoms with E-state index < -0.39 is 0 Å². The van der Waals surface area contributed by atoms with Gasteiger partial charge < -0.3 is 15.0 Å². The molecule has 2 aromatic heterocycles. The maximum atomic E-state index is 5.75. The van der Waals surface area contributed by atoms with Crippen molar-refractivity contribution in [3.63, 3.8) is 0 Å². The van der Waals surface area contributed by atoms with Gasteiger partial charge in [-0.3, -0.25) is 0 Å². The quantitative estimate of drug-likeness (QED) is 0.578. The number of nitrogens with zero attached hydrogens (tertiary/aromatic N) is 2. The summed E-state index contributed by atoms with van der Waals surface area (Å²) in [7, 11) is 4.14. The average Bonchev–Trinajstić information content (AvgIpc) is 3.24. The summed E-state index contributed by atoms with van der Waals surface area (Å²) >= 11 is 3.36. The first kappa shape index (κ1) is 17.0. The molecular weight excluding hydrogens is 338 g/mol. The topological polar surface area (TPSA) is 37.4 Å². The van der Waals surface area contributed by atoms with Crippen molar-refractivity contribution in [1.29, 1.82) is 0 Å². The Morgan fingerprint density at radius 2 is 2.00 bits per heavy atom. The molecule has 0 amide bonds. The third-order valence-corrected chi connectivity index (χ3v) is 5.08. The highest BCUT2D eigenvalue weighted by Crippen LogP contribution is 2.32. The van der Waals surface area contributed by atoms with E-state index in [1.165, 1.54) is 10.4 Å². The van der Waals surface area contributed by atoms with Crippen molar-refractivity contribution in [2.75, 3.05) is 32.6 Å². The van der Waals surface area contributed by atoms with E-state index in [0.717, 1.165) is 36.1 Å². The summed E-state index contributed by atoms with van der Waals surface area (Å²) in [6.45, 7) is 1.78. The zero-order chi connectivity index (χ0) is 16.8. The molecule has 24 heavy (non-hydrogen) atoms. The Hall–Kier alpha value is -1.89. The Labute approximate surface area is 150 Å². The minimum absolute atomic E-state index is 0.738. The minimum atomic E-state index is 0.738. The number of anilines is 2. The Balaban J connectivity index is 1.53. The van der Waals surface area contributed by atoms with Crippen LogP contribution in [0.15, 0.2) is 47.3 Å². The second-order valence-corrected chi connectivity index (χ2v) is 7.51. The molecule has 0 aliphatic heterocycles. The number of hydrogen-bond acceptors (Lipinski definition) is 6. The van der Waals surface area contributed by atoms with Crippen molar-refractivity contribution in [3.05, 3.63) is 47.3 Å². The van der Waals surface area contributed by atoms with Crippen LogP contribution >= 0.6 is 22.7 Å². The Kier molecular flexibility index (Phi) is 5.85. The van der Waals surface area contributed by atoms with Crippen LogP contribution in [0.5, 0.6) is 5.75 Å². The predicted octanol–water partition coefficient (Wildman–Crippen LogP) is 4.95. The fourth-order valence-electron chi connectivity index (χ4n) is 2.20. The first-order chi connectivity index (χ1) is 11.7. The molecule has 126 valence electrons. The van der Waals surface area contributed by atoms with Gasteiger partial charge in [0.25, 0.3) is 0 Å². The van der Waals surface area contributed by atoms with Crippen LogP contribution in [0.1, 0.15) is 6.42 Å². The predicted molar refractivity (Wildman–Crippen MR) is 104 cm³/mol. The first-order valence-corrected chi connectivity index (χ1v) is 9.59. The maximum absolute atomic E-state index is 5.75. The van der Waals surface area contributed by atoms with E-state index in [9.17, 15) is 0 Å². The monoisotopic (exact) mass is 359 g/mol. The van der Waals surface area contributed by atoms with E-state index in [4.69, 9.17) is 4.74 Å². The molecule has 0 aliphatic rings. The van der Waals surface area contributed by atoms with Gasteiger partial charge in [0.15, 0.2) is 5.13 Å². The summed E-state index contributed by atoms with van der Waals surface area (Å²) in [4.78, 5) is 7.78. The van der Waals surface area contributed by atoms with E-state index in [-0.39, 0.29) is 0 Å². The number of thiophene rings is 1. The molecule has 1 aromatic carbocycles. The molecule has 0 bridgehead atoms. The fourth-order valence-corrected chi connectivity index (χ4v) is 3.76. The third-order valence-electron chi connectivity index (χ3n) is 3.44. The lowest BCUT2D eigenvalue weighted by Gasteiger charge is -2.10. The normalized spacial score (nSPS) is 11.0. The molecule has 0 fully saturated rings. The van der Waals surface area contributed by atoms with Gasteiger partial charge >= 0.3 is 0 Å². The average molecular weight is 360 g/mol. The highest BCUT2D eigenvalue weighted by atomic mass is 32.1. The number of thiazole rings is 1. The van der Waals surface area contributed by atoms with Crippen molar-refractivity contribution >= 4 is 33.5 Å². The van der Waals surface area contributed by atoms with E-state index in [1.807, 2.05) is 30.5 Å². The summed E-state index contributed by atoms with van der Waals surface area (Å²) in [6, 6.07) is 10.1. The fraction of sp³-hybridized carbons (Fsp3) is 0.278. The molecule has 6 heteroatoms. The number of nitrogens with one attached hydrogen (secondary N) is 1. The SMILES string of the molecule is CN(C)CCCOc1ccc(Nc2ncc(-c3ccsc3)s2)cc1. The number of aromatic nitrogens is 1. The Morgan fingerprint density at radius 3 is 2.71 bits per heavy atom. The third kappa shape index (κ3) is 4.80. The highest BCUT2D eigenvalue weighted by Gasteiger charge is 2.05. The van der Waals surface area contributed by atoms with E-state index in [1.54, 1.807) is 22.7 Å². The summed E-state index contributed by atoms with van der Waals surface area (Å²) < 4.78 is 5.75. The van der Waals surface area contributed by atoms with Gasteiger partial charge in [-0.2, -0.15) is 11.3 Å². The molecule has 2 heterocycles. The van der Waals surface area contributed by atoms with Gasteiger partial charge in [-0.15, -0.1) is 0 Å². The summed E-state index contributed by atoms with van der Waals surface area (Å²) in [6.07, 6.45) is 2.94. The molecule has 0 unspecified atom stereocenters. The van der Waals surface area contributed by atoms with Crippen LogP contribution in [-0.2, 0) is 0 Å². The standard InChI is InChI=1S/C18H21N3OS2/c1-21(2)9-3-10-22-16-6-4-15(5-7-16)20-18-19-12-17(24-18)14-8-11-23-13-14/h4-8,11-13H,3,9-10H2,1-2H3,(H,19,20). The van der Waals surface area contributed by atoms with Crippen molar-refractivity contribution in [1.82, 2.24) is 9.88 Å². The number of rotatable bonds is 8. The number of ether oxygens (including phenoxy) is 1. The lowest BCUT2D eigenvalue weighted by molar-refractivity contribution is 0.281. The zero-order valence-corrected chi connectivity index (χ0v) is 15.5. The molecule has 0 aliphatic carbocycles. The van der Waals surface area contributed by atoms with Crippen LogP contribution in [0.25, 0.3) is 10.4 Å². The van der Waals surface area contributed by atoms with Crippen LogP contribution in [0.4, 0.5) is 10.8 Å². The van der Waals surface area contributed by atoms with E-state index >= 15 is 0 Å². The van der Waals surface area contributed by atoms with Gasteiger partial charge in [0, 0.05) is 24.0 Å². The van der Waals surface area contributed by atoms with Gasteiger partial charge in [-0.25, -0.2) is 4.98 Å². The summed E-state index contributed by atoms with van der Waals surface area (Å²) in [5, 5.41) is 8.46. The van der Waals surface area contributed by atoms with Crippen molar-refractivity contribution in [2.24, 2.45) is 0 Å². The lowest BCUT2D eigenvalue weighted by Crippen LogP contribution is -2.15. The number of benzene rings is 1. The Bertz CT molecular complexity index is 736. The largest absolute Gasteiger partial charge is 0.494 e. The smallest absolute Gasteiger partial charge is 0.187 e. The highest BCUT2D eigenvalue weighted by molar-refractivity contribution is 7.19. The Morgan fingerprint density at radius 1 is 1.17 bits per heavy atom. The van der Waals surface area contributed by atoms with Gasteiger partial charge in [0.1, 0.15) is 5.75 Å². The molecule has 0 saturated heterocycles. The summed E-state index contributed by atoms with van der Waals surface area (Å²) in [5.41, 5.74) is 2.24. The number of hydrogen-bond donors (Lipinski definition) is 1. The van der Waals surface area contributed by atoms with E-state index in [0.29, 0.717) is 0 Å². The van der Waals surface area contributed by atoms with E-state index in [2.05, 4.69) is 46.1 Å². The van der Waals surface area contributed by atoms with Gasteiger partial charge in [-0.1, -0.05) is 11.3 Å². The molecule has 0 spiro atoms. The van der Waals surface area contributed by atoms with Crippen LogP contribution in [0.2, 0.25) is 0 Å². The second-order valence-electron chi connectivity index (χ2n) is 5.70. The van der Waals surface area contributed by atoms with Crippen molar-refractivity contribution < 1.29 is 4.74 Å². The molecule has 3 rings (SSSR count). The molecule has 0 atom stereocenters. The molecule has 3 aromatic rings. The molecule has 0 radical (unpaired) electrons. The van der Waals surface area contributed by atoms with Gasteiger partial charge in [0.2, 0.25) is 0 Å². The van der Waals surface area contributed by atoms with Gasteiger partial charge in [-0.05, 0) is 61.6 Å². The maximum Gasteiger partial charge on any atom is 0.187 e. The van der Waals surface area contributed by atoms with Crippen molar-refractivity contribution in [3.8, 4) is 16.2 Å². The second kappa shape index (κ2) is 8.28.